The van der Waals surface area contributed by atoms with E-state index < -0.39 is 0 Å². The summed E-state index contributed by atoms with van der Waals surface area (Å²) in [5.74, 6) is 0. The Labute approximate surface area is 88.3 Å². The number of anilines is 1. The van der Waals surface area contributed by atoms with Gasteiger partial charge in [-0.25, -0.2) is 4.98 Å². The molecule has 2 N–H and O–H groups in total. The summed E-state index contributed by atoms with van der Waals surface area (Å²) in [6, 6.07) is 0.585. The normalized spacial score (nSPS) is 22.6. The molecule has 1 aromatic rings. The van der Waals surface area contributed by atoms with Gasteiger partial charge in [-0.2, -0.15) is 4.37 Å². The third-order valence-corrected chi connectivity index (χ3v) is 3.43. The number of piperidine rings is 1. The lowest BCUT2D eigenvalue weighted by atomic mass is 10.0. The van der Waals surface area contributed by atoms with E-state index in [0.717, 1.165) is 24.6 Å². The fraction of sp³-hybridized carbons (Fsp3) is 0.778. The fourth-order valence-electron chi connectivity index (χ4n) is 2.04. The molecule has 5 heteroatoms. The summed E-state index contributed by atoms with van der Waals surface area (Å²) in [5.41, 5.74) is 5.62. The van der Waals surface area contributed by atoms with Crippen molar-refractivity contribution < 1.29 is 0 Å². The monoisotopic (exact) mass is 212 g/mol. The maximum atomic E-state index is 5.62. The minimum Gasteiger partial charge on any atom is -0.344 e. The van der Waals surface area contributed by atoms with Gasteiger partial charge in [-0.3, -0.25) is 0 Å². The van der Waals surface area contributed by atoms with Gasteiger partial charge in [-0.15, -0.1) is 0 Å². The van der Waals surface area contributed by atoms with E-state index >= 15 is 0 Å². The number of nitrogens with zero attached hydrogens (tertiary/aromatic N) is 3. The van der Waals surface area contributed by atoms with Crippen molar-refractivity contribution in [1.82, 2.24) is 9.36 Å². The van der Waals surface area contributed by atoms with Crippen LogP contribution in [0.5, 0.6) is 0 Å². The van der Waals surface area contributed by atoms with Crippen molar-refractivity contribution in [3.8, 4) is 0 Å². The van der Waals surface area contributed by atoms with Crippen LogP contribution < -0.4 is 10.6 Å². The lowest BCUT2D eigenvalue weighted by Gasteiger charge is -2.35. The molecule has 2 heterocycles. The second-order valence-corrected chi connectivity index (χ2v) is 4.40. The zero-order valence-corrected chi connectivity index (χ0v) is 9.04. The van der Waals surface area contributed by atoms with Crippen LogP contribution in [0.4, 0.5) is 5.13 Å². The van der Waals surface area contributed by atoms with E-state index in [0.29, 0.717) is 6.04 Å². The molecule has 78 valence electrons. The van der Waals surface area contributed by atoms with Gasteiger partial charge >= 0.3 is 0 Å². The van der Waals surface area contributed by atoms with E-state index in [1.165, 1.54) is 30.8 Å². The van der Waals surface area contributed by atoms with Crippen LogP contribution >= 0.6 is 11.5 Å². The molecule has 1 fully saturated rings. The van der Waals surface area contributed by atoms with Gasteiger partial charge in [0.25, 0.3) is 0 Å². The first-order valence-electron chi connectivity index (χ1n) is 5.15. The Bertz CT molecular complexity index is 260. The zero-order valence-electron chi connectivity index (χ0n) is 8.22. The summed E-state index contributed by atoms with van der Waals surface area (Å²) in [5, 5.41) is 1.06. The first kappa shape index (κ1) is 9.86. The minimum absolute atomic E-state index is 0.585. The standard InChI is InChI=1S/C9H16N4S/c10-5-4-8-3-1-2-6-13(8)9-11-7-12-14-9/h7-8H,1-6,10H2. The van der Waals surface area contributed by atoms with E-state index in [2.05, 4.69) is 14.3 Å². The van der Waals surface area contributed by atoms with E-state index in [4.69, 9.17) is 5.73 Å². The number of nitrogens with two attached hydrogens (primary N) is 1. The fourth-order valence-corrected chi connectivity index (χ4v) is 2.67. The van der Waals surface area contributed by atoms with E-state index in [-0.39, 0.29) is 0 Å². The second-order valence-electron chi connectivity index (χ2n) is 3.64. The van der Waals surface area contributed by atoms with E-state index in [1.807, 2.05) is 0 Å². The van der Waals surface area contributed by atoms with Crippen molar-refractivity contribution in [2.75, 3.05) is 18.0 Å². The highest BCUT2D eigenvalue weighted by Crippen LogP contribution is 2.26. The summed E-state index contributed by atoms with van der Waals surface area (Å²) in [4.78, 5) is 6.63. The van der Waals surface area contributed by atoms with Gasteiger partial charge in [0.1, 0.15) is 6.33 Å². The summed E-state index contributed by atoms with van der Waals surface area (Å²) in [6.07, 6.45) is 6.53. The van der Waals surface area contributed by atoms with E-state index in [1.54, 1.807) is 6.33 Å². The molecule has 0 aliphatic carbocycles. The highest BCUT2D eigenvalue weighted by molar-refractivity contribution is 7.09. The van der Waals surface area contributed by atoms with Gasteiger partial charge in [0, 0.05) is 24.1 Å². The number of hydrogen-bond donors (Lipinski definition) is 1. The molecular formula is C9H16N4S. The minimum atomic E-state index is 0.585. The predicted octanol–water partition coefficient (Wildman–Crippen LogP) is 1.25. The Hall–Kier alpha value is -0.680. The molecule has 0 saturated carbocycles. The van der Waals surface area contributed by atoms with Crippen molar-refractivity contribution in [3.05, 3.63) is 6.33 Å². The molecular weight excluding hydrogens is 196 g/mol. The van der Waals surface area contributed by atoms with Crippen LogP contribution in [-0.4, -0.2) is 28.5 Å². The molecule has 1 aliphatic heterocycles. The summed E-state index contributed by atoms with van der Waals surface area (Å²) in [7, 11) is 0. The van der Waals surface area contributed by atoms with Gasteiger partial charge in [0.15, 0.2) is 0 Å². The first-order chi connectivity index (χ1) is 6.92. The van der Waals surface area contributed by atoms with Crippen LogP contribution in [0.3, 0.4) is 0 Å². The zero-order chi connectivity index (χ0) is 9.80. The van der Waals surface area contributed by atoms with Crippen molar-refractivity contribution in [3.63, 3.8) is 0 Å². The molecule has 0 bridgehead atoms. The highest BCUT2D eigenvalue weighted by atomic mass is 32.1. The second kappa shape index (κ2) is 4.70. The van der Waals surface area contributed by atoms with Gasteiger partial charge in [0.05, 0.1) is 0 Å². The summed E-state index contributed by atoms with van der Waals surface area (Å²) < 4.78 is 4.05. The van der Waals surface area contributed by atoms with Crippen LogP contribution in [-0.2, 0) is 0 Å². The van der Waals surface area contributed by atoms with Gasteiger partial charge in [-0.05, 0) is 32.2 Å². The highest BCUT2D eigenvalue weighted by Gasteiger charge is 2.23. The Balaban J connectivity index is 2.06. The lowest BCUT2D eigenvalue weighted by molar-refractivity contribution is 0.441. The average molecular weight is 212 g/mol. The molecule has 0 amide bonds. The molecule has 2 rings (SSSR count). The van der Waals surface area contributed by atoms with Crippen LogP contribution in [0.25, 0.3) is 0 Å². The molecule has 1 aromatic heterocycles. The third-order valence-electron chi connectivity index (χ3n) is 2.72. The maximum absolute atomic E-state index is 5.62. The van der Waals surface area contributed by atoms with E-state index in [9.17, 15) is 0 Å². The predicted molar refractivity (Wildman–Crippen MR) is 58.6 cm³/mol. The molecule has 0 aromatic carbocycles. The van der Waals surface area contributed by atoms with Gasteiger partial charge in [-0.1, -0.05) is 0 Å². The molecule has 1 unspecified atom stereocenters. The van der Waals surface area contributed by atoms with Crippen LogP contribution in [0.1, 0.15) is 25.7 Å². The van der Waals surface area contributed by atoms with Crippen molar-refractivity contribution in [2.45, 2.75) is 31.7 Å². The number of hydrogen-bond acceptors (Lipinski definition) is 5. The topological polar surface area (TPSA) is 55.0 Å². The Kier molecular flexibility index (Phi) is 3.31. The summed E-state index contributed by atoms with van der Waals surface area (Å²) in [6.45, 7) is 1.87. The van der Waals surface area contributed by atoms with Crippen molar-refractivity contribution in [1.29, 1.82) is 0 Å². The lowest BCUT2D eigenvalue weighted by Crippen LogP contribution is -2.40. The molecule has 1 saturated heterocycles. The van der Waals surface area contributed by atoms with Gasteiger partial charge < -0.3 is 10.6 Å². The molecule has 14 heavy (non-hydrogen) atoms. The molecule has 1 aliphatic rings. The number of rotatable bonds is 3. The van der Waals surface area contributed by atoms with Crippen LogP contribution in [0, 0.1) is 0 Å². The van der Waals surface area contributed by atoms with Crippen molar-refractivity contribution >= 4 is 16.7 Å². The number of aromatic nitrogens is 2. The molecule has 1 atom stereocenters. The van der Waals surface area contributed by atoms with Crippen molar-refractivity contribution in [2.24, 2.45) is 5.73 Å². The Morgan fingerprint density at radius 1 is 1.57 bits per heavy atom. The average Bonchev–Trinajstić information content (AvgIpc) is 2.72. The third kappa shape index (κ3) is 2.04. The maximum Gasteiger partial charge on any atom is 0.205 e. The molecule has 0 radical (unpaired) electrons. The Morgan fingerprint density at radius 2 is 2.50 bits per heavy atom. The Morgan fingerprint density at radius 3 is 3.21 bits per heavy atom. The molecule has 0 spiro atoms. The van der Waals surface area contributed by atoms with Gasteiger partial charge in [0.2, 0.25) is 5.13 Å². The SMILES string of the molecule is NCCC1CCCCN1c1ncns1. The summed E-state index contributed by atoms with van der Waals surface area (Å²) >= 11 is 1.48. The van der Waals surface area contributed by atoms with Crippen LogP contribution in [0.2, 0.25) is 0 Å². The molecule has 4 nitrogen and oxygen atoms in total. The first-order valence-corrected chi connectivity index (χ1v) is 5.92. The quantitative estimate of drug-likeness (QED) is 0.819. The smallest absolute Gasteiger partial charge is 0.205 e. The largest absolute Gasteiger partial charge is 0.344 e. The van der Waals surface area contributed by atoms with Crippen LogP contribution in [0.15, 0.2) is 6.33 Å².